The molecule has 0 atom stereocenters. The second-order valence-electron chi connectivity index (χ2n) is 4.30. The highest BCUT2D eigenvalue weighted by Crippen LogP contribution is 2.28. The number of fused-ring (bicyclic) bond motifs is 1. The minimum atomic E-state index is -0.377. The lowest BCUT2D eigenvalue weighted by molar-refractivity contribution is -0.142. The summed E-state index contributed by atoms with van der Waals surface area (Å²) in [5, 5.41) is 3.39. The fourth-order valence-corrected chi connectivity index (χ4v) is 1.91. The van der Waals surface area contributed by atoms with Crippen molar-refractivity contribution >= 4 is 22.8 Å². The molecular weight excluding hydrogens is 274 g/mol. The molecule has 1 aromatic carbocycles. The van der Waals surface area contributed by atoms with E-state index in [0.717, 1.165) is 5.39 Å². The van der Waals surface area contributed by atoms with Gasteiger partial charge in [-0.25, -0.2) is 0 Å². The third kappa shape index (κ3) is 3.53. The summed E-state index contributed by atoms with van der Waals surface area (Å²) in [7, 11) is 1.54. The highest BCUT2D eigenvalue weighted by Gasteiger charge is 2.14. The molecule has 6 nitrogen and oxygen atoms in total. The zero-order chi connectivity index (χ0) is 15.2. The van der Waals surface area contributed by atoms with Crippen LogP contribution in [-0.4, -0.2) is 32.1 Å². The van der Waals surface area contributed by atoms with Crippen LogP contribution in [0.1, 0.15) is 23.9 Å². The van der Waals surface area contributed by atoms with Crippen LogP contribution in [0.3, 0.4) is 0 Å². The minimum absolute atomic E-state index is 0.128. The monoisotopic (exact) mass is 291 g/mol. The smallest absolute Gasteiger partial charge is 0.307 e. The highest BCUT2D eigenvalue weighted by molar-refractivity contribution is 5.97. The van der Waals surface area contributed by atoms with E-state index in [1.807, 2.05) is 12.1 Å². The number of amides is 1. The molecule has 2 aromatic rings. The number of methoxy groups -OCH3 is 1. The lowest BCUT2D eigenvalue weighted by Gasteiger charge is -2.03. The average molecular weight is 291 g/mol. The van der Waals surface area contributed by atoms with Crippen molar-refractivity contribution in [3.8, 4) is 5.75 Å². The van der Waals surface area contributed by atoms with Crippen LogP contribution in [0.15, 0.2) is 28.7 Å². The van der Waals surface area contributed by atoms with Crippen LogP contribution in [0, 0.1) is 0 Å². The normalized spacial score (nSPS) is 10.4. The molecule has 6 heteroatoms. The Labute approximate surface area is 122 Å². The molecule has 0 fully saturated rings. The molecule has 21 heavy (non-hydrogen) atoms. The van der Waals surface area contributed by atoms with E-state index < -0.39 is 0 Å². The number of carbonyl (C=O) groups is 2. The number of benzene rings is 1. The van der Waals surface area contributed by atoms with Gasteiger partial charge in [0.25, 0.3) is 5.91 Å². The van der Waals surface area contributed by atoms with Crippen molar-refractivity contribution in [3.63, 3.8) is 0 Å². The molecule has 0 spiro atoms. The van der Waals surface area contributed by atoms with Gasteiger partial charge in [-0.3, -0.25) is 9.59 Å². The SMILES string of the molecule is CCOC(=O)CCNC(=O)c1cc2cccc(OC)c2o1. The molecule has 0 saturated heterocycles. The van der Waals surface area contributed by atoms with Crippen molar-refractivity contribution in [3.05, 3.63) is 30.0 Å². The van der Waals surface area contributed by atoms with E-state index in [1.165, 1.54) is 7.11 Å². The zero-order valence-corrected chi connectivity index (χ0v) is 12.0. The Morgan fingerprint density at radius 1 is 1.33 bits per heavy atom. The number of para-hydroxylation sites is 1. The van der Waals surface area contributed by atoms with Gasteiger partial charge in [0, 0.05) is 11.9 Å². The van der Waals surface area contributed by atoms with Crippen molar-refractivity contribution in [2.75, 3.05) is 20.3 Å². The number of furan rings is 1. The topological polar surface area (TPSA) is 77.8 Å². The van der Waals surface area contributed by atoms with Crippen LogP contribution in [0.25, 0.3) is 11.0 Å². The Balaban J connectivity index is 2.01. The second kappa shape index (κ2) is 6.78. The first-order valence-corrected chi connectivity index (χ1v) is 6.66. The number of nitrogens with one attached hydrogen (secondary N) is 1. The molecule has 0 saturated carbocycles. The number of hydrogen-bond donors (Lipinski definition) is 1. The maximum Gasteiger partial charge on any atom is 0.307 e. The Morgan fingerprint density at radius 3 is 2.86 bits per heavy atom. The van der Waals surface area contributed by atoms with Crippen LogP contribution >= 0.6 is 0 Å². The maximum atomic E-state index is 12.0. The van der Waals surface area contributed by atoms with Gasteiger partial charge in [-0.05, 0) is 19.1 Å². The molecular formula is C15H17NO5. The van der Waals surface area contributed by atoms with E-state index >= 15 is 0 Å². The quantitative estimate of drug-likeness (QED) is 0.825. The van der Waals surface area contributed by atoms with Crippen LogP contribution in [0.2, 0.25) is 0 Å². The summed E-state index contributed by atoms with van der Waals surface area (Å²) in [4.78, 5) is 23.1. The summed E-state index contributed by atoms with van der Waals surface area (Å²) in [6, 6.07) is 7.04. The van der Waals surface area contributed by atoms with Gasteiger partial charge in [0.05, 0.1) is 20.1 Å². The van der Waals surface area contributed by atoms with Crippen LogP contribution < -0.4 is 10.1 Å². The molecule has 1 N–H and O–H groups in total. The highest BCUT2D eigenvalue weighted by atomic mass is 16.5. The number of ether oxygens (including phenoxy) is 2. The van der Waals surface area contributed by atoms with Crippen LogP contribution in [-0.2, 0) is 9.53 Å². The number of hydrogen-bond acceptors (Lipinski definition) is 5. The molecule has 1 aromatic heterocycles. The zero-order valence-electron chi connectivity index (χ0n) is 12.0. The van der Waals surface area contributed by atoms with Crippen molar-refractivity contribution in [2.24, 2.45) is 0 Å². The summed E-state index contributed by atoms with van der Waals surface area (Å²) in [5.74, 6) is 0.0260. The van der Waals surface area contributed by atoms with Crippen molar-refractivity contribution in [1.82, 2.24) is 5.32 Å². The van der Waals surface area contributed by atoms with Gasteiger partial charge in [-0.15, -0.1) is 0 Å². The van der Waals surface area contributed by atoms with Gasteiger partial charge >= 0.3 is 5.97 Å². The first kappa shape index (κ1) is 14.9. The summed E-state index contributed by atoms with van der Waals surface area (Å²) in [5.41, 5.74) is 0.524. The summed E-state index contributed by atoms with van der Waals surface area (Å²) >= 11 is 0. The third-order valence-electron chi connectivity index (χ3n) is 2.87. The summed E-state index contributed by atoms with van der Waals surface area (Å²) in [6.45, 7) is 2.26. The molecule has 0 bridgehead atoms. The van der Waals surface area contributed by atoms with Gasteiger partial charge in [0.15, 0.2) is 17.1 Å². The fraction of sp³-hybridized carbons (Fsp3) is 0.333. The lowest BCUT2D eigenvalue weighted by Crippen LogP contribution is -2.26. The van der Waals surface area contributed by atoms with Gasteiger partial charge in [0.2, 0.25) is 0 Å². The summed E-state index contributed by atoms with van der Waals surface area (Å²) in [6.07, 6.45) is 0.128. The molecule has 0 aliphatic heterocycles. The fourth-order valence-electron chi connectivity index (χ4n) is 1.91. The Kier molecular flexibility index (Phi) is 4.81. The molecule has 112 valence electrons. The second-order valence-corrected chi connectivity index (χ2v) is 4.30. The van der Waals surface area contributed by atoms with Crippen LogP contribution in [0.5, 0.6) is 5.75 Å². The van der Waals surface area contributed by atoms with E-state index in [0.29, 0.717) is 17.9 Å². The number of rotatable bonds is 6. The Morgan fingerprint density at radius 2 is 2.14 bits per heavy atom. The molecule has 0 unspecified atom stereocenters. The predicted octanol–water partition coefficient (Wildman–Crippen LogP) is 2.12. The van der Waals surface area contributed by atoms with E-state index in [1.54, 1.807) is 19.1 Å². The number of carbonyl (C=O) groups excluding carboxylic acids is 2. The predicted molar refractivity (Wildman–Crippen MR) is 76.3 cm³/mol. The van der Waals surface area contributed by atoms with Gasteiger partial charge in [-0.1, -0.05) is 12.1 Å². The summed E-state index contributed by atoms with van der Waals surface area (Å²) < 4.78 is 15.5. The molecule has 0 aliphatic rings. The first-order chi connectivity index (χ1) is 10.2. The van der Waals surface area contributed by atoms with Crippen molar-refractivity contribution < 1.29 is 23.5 Å². The first-order valence-electron chi connectivity index (χ1n) is 6.66. The van der Waals surface area contributed by atoms with Gasteiger partial charge in [0.1, 0.15) is 0 Å². The minimum Gasteiger partial charge on any atom is -0.493 e. The van der Waals surface area contributed by atoms with E-state index in [-0.39, 0.29) is 30.6 Å². The standard InChI is InChI=1S/C15H17NO5/c1-3-20-13(17)7-8-16-15(18)12-9-10-5-4-6-11(19-2)14(10)21-12/h4-6,9H,3,7-8H2,1-2H3,(H,16,18). The maximum absolute atomic E-state index is 12.0. The Hall–Kier alpha value is -2.50. The molecule has 1 heterocycles. The van der Waals surface area contributed by atoms with Gasteiger partial charge in [-0.2, -0.15) is 0 Å². The molecule has 0 radical (unpaired) electrons. The average Bonchev–Trinajstić information content (AvgIpc) is 2.91. The molecule has 2 rings (SSSR count). The Bertz CT molecular complexity index is 647. The third-order valence-corrected chi connectivity index (χ3v) is 2.87. The lowest BCUT2D eigenvalue weighted by atomic mass is 10.2. The van der Waals surface area contributed by atoms with Crippen molar-refractivity contribution in [1.29, 1.82) is 0 Å². The molecule has 1 amide bonds. The van der Waals surface area contributed by atoms with E-state index in [9.17, 15) is 9.59 Å². The number of esters is 1. The van der Waals surface area contributed by atoms with Crippen molar-refractivity contribution in [2.45, 2.75) is 13.3 Å². The van der Waals surface area contributed by atoms with Crippen LogP contribution in [0.4, 0.5) is 0 Å². The van der Waals surface area contributed by atoms with E-state index in [2.05, 4.69) is 5.32 Å². The van der Waals surface area contributed by atoms with Gasteiger partial charge < -0.3 is 19.2 Å². The van der Waals surface area contributed by atoms with E-state index in [4.69, 9.17) is 13.9 Å². The molecule has 0 aliphatic carbocycles. The largest absolute Gasteiger partial charge is 0.493 e.